The lowest BCUT2D eigenvalue weighted by molar-refractivity contribution is 0.0883. The highest BCUT2D eigenvalue weighted by Crippen LogP contribution is 2.14. The van der Waals surface area contributed by atoms with Crippen LogP contribution in [0.15, 0.2) is 0 Å². The van der Waals surface area contributed by atoms with Crippen molar-refractivity contribution in [3.05, 3.63) is 0 Å². The molecule has 0 aromatic heterocycles. The molecule has 0 rings (SSSR count). The third-order valence-electron chi connectivity index (χ3n) is 2.17. The Labute approximate surface area is 88.6 Å². The minimum absolute atomic E-state index is 0.206. The third kappa shape index (κ3) is 7.30. The first-order valence-corrected chi connectivity index (χ1v) is 5.30. The van der Waals surface area contributed by atoms with Gasteiger partial charge in [-0.1, -0.05) is 20.8 Å². The minimum atomic E-state index is 0.206. The number of nitrogens with zero attached hydrogens (tertiary/aromatic N) is 1. The summed E-state index contributed by atoms with van der Waals surface area (Å²) in [6.07, 6.45) is 1.22. The average Bonchev–Trinajstić information content (AvgIpc) is 2.03. The average molecular weight is 202 g/mol. The van der Waals surface area contributed by atoms with Crippen LogP contribution in [-0.4, -0.2) is 44.8 Å². The summed E-state index contributed by atoms with van der Waals surface area (Å²) in [5, 5.41) is 0. The highest BCUT2D eigenvalue weighted by molar-refractivity contribution is 4.68. The topological polar surface area (TPSA) is 38.5 Å². The summed E-state index contributed by atoms with van der Waals surface area (Å²) in [4.78, 5) is 2.34. The predicted molar refractivity (Wildman–Crippen MR) is 61.4 cm³/mol. The molecule has 0 aromatic rings. The Bertz CT molecular complexity index is 139. The molecule has 0 bridgehead atoms. The van der Waals surface area contributed by atoms with Crippen LogP contribution < -0.4 is 5.73 Å². The Morgan fingerprint density at radius 2 is 1.93 bits per heavy atom. The summed E-state index contributed by atoms with van der Waals surface area (Å²) in [5.41, 5.74) is 5.91. The maximum atomic E-state index is 5.55. The van der Waals surface area contributed by atoms with E-state index in [1.165, 1.54) is 0 Å². The van der Waals surface area contributed by atoms with Gasteiger partial charge in [-0.15, -0.1) is 0 Å². The van der Waals surface area contributed by atoms with Crippen LogP contribution in [0.4, 0.5) is 0 Å². The summed E-state index contributed by atoms with van der Waals surface area (Å²) < 4.78 is 5.23. The first-order chi connectivity index (χ1) is 6.39. The highest BCUT2D eigenvalue weighted by atomic mass is 16.5. The molecule has 0 aliphatic rings. The molecule has 0 fully saturated rings. The number of ether oxygens (including phenoxy) is 1. The van der Waals surface area contributed by atoms with E-state index in [9.17, 15) is 0 Å². The second-order valence-corrected chi connectivity index (χ2v) is 5.18. The summed E-state index contributed by atoms with van der Waals surface area (Å²) >= 11 is 0. The van der Waals surface area contributed by atoms with Crippen molar-refractivity contribution in [2.45, 2.75) is 33.3 Å². The van der Waals surface area contributed by atoms with Crippen LogP contribution in [-0.2, 0) is 4.74 Å². The molecule has 1 unspecified atom stereocenters. The van der Waals surface area contributed by atoms with Crippen LogP contribution >= 0.6 is 0 Å². The molecule has 0 saturated heterocycles. The van der Waals surface area contributed by atoms with Crippen molar-refractivity contribution in [2.24, 2.45) is 11.1 Å². The lowest BCUT2D eigenvalue weighted by Crippen LogP contribution is -2.33. The Morgan fingerprint density at radius 3 is 2.29 bits per heavy atom. The van der Waals surface area contributed by atoms with E-state index < -0.39 is 0 Å². The van der Waals surface area contributed by atoms with Gasteiger partial charge in [0.05, 0.1) is 6.10 Å². The third-order valence-corrected chi connectivity index (χ3v) is 2.17. The molecule has 0 spiro atoms. The van der Waals surface area contributed by atoms with Gasteiger partial charge in [0, 0.05) is 26.7 Å². The number of methoxy groups -OCH3 is 1. The molecule has 0 amide bonds. The van der Waals surface area contributed by atoms with Crippen LogP contribution in [0.2, 0.25) is 0 Å². The van der Waals surface area contributed by atoms with Crippen molar-refractivity contribution in [3.63, 3.8) is 0 Å². The smallest absolute Gasteiger partial charge is 0.0705 e. The molecule has 0 radical (unpaired) electrons. The first-order valence-electron chi connectivity index (χ1n) is 5.30. The van der Waals surface area contributed by atoms with Crippen molar-refractivity contribution < 1.29 is 4.74 Å². The van der Waals surface area contributed by atoms with Crippen molar-refractivity contribution in [3.8, 4) is 0 Å². The zero-order valence-electron chi connectivity index (χ0n) is 10.3. The normalized spacial score (nSPS) is 14.8. The van der Waals surface area contributed by atoms with E-state index in [-0.39, 0.29) is 6.10 Å². The van der Waals surface area contributed by atoms with Crippen LogP contribution in [0, 0.1) is 5.41 Å². The first kappa shape index (κ1) is 13.9. The van der Waals surface area contributed by atoms with Crippen molar-refractivity contribution >= 4 is 0 Å². The monoisotopic (exact) mass is 202 g/mol. The number of nitrogens with two attached hydrogens (primary N) is 1. The molecule has 2 N–H and O–H groups in total. The molecule has 3 nitrogen and oxygen atoms in total. The van der Waals surface area contributed by atoms with Gasteiger partial charge in [-0.25, -0.2) is 0 Å². The van der Waals surface area contributed by atoms with Crippen LogP contribution in [0.3, 0.4) is 0 Å². The van der Waals surface area contributed by atoms with Crippen LogP contribution in [0.25, 0.3) is 0 Å². The maximum Gasteiger partial charge on any atom is 0.0705 e. The van der Waals surface area contributed by atoms with E-state index in [1.807, 2.05) is 0 Å². The molecular weight excluding hydrogens is 176 g/mol. The second kappa shape index (κ2) is 6.38. The lowest BCUT2D eigenvalue weighted by Gasteiger charge is -2.27. The molecule has 0 aromatic carbocycles. The largest absolute Gasteiger partial charge is 0.380 e. The molecule has 1 atom stereocenters. The zero-order valence-corrected chi connectivity index (χ0v) is 10.3. The van der Waals surface area contributed by atoms with Crippen LogP contribution in [0.1, 0.15) is 27.2 Å². The van der Waals surface area contributed by atoms with Gasteiger partial charge in [-0.2, -0.15) is 0 Å². The molecule has 0 saturated carbocycles. The summed E-state index contributed by atoms with van der Waals surface area (Å²) in [6.45, 7) is 9.52. The van der Waals surface area contributed by atoms with Crippen LogP contribution in [0.5, 0.6) is 0 Å². The van der Waals surface area contributed by atoms with Gasteiger partial charge in [0.2, 0.25) is 0 Å². The number of hydrogen-bond donors (Lipinski definition) is 1. The maximum absolute atomic E-state index is 5.55. The molecule has 0 heterocycles. The van der Waals surface area contributed by atoms with Gasteiger partial charge in [0.15, 0.2) is 0 Å². The Morgan fingerprint density at radius 1 is 1.36 bits per heavy atom. The minimum Gasteiger partial charge on any atom is -0.380 e. The Balaban J connectivity index is 3.67. The van der Waals surface area contributed by atoms with Gasteiger partial charge in [0.25, 0.3) is 0 Å². The number of hydrogen-bond acceptors (Lipinski definition) is 3. The van der Waals surface area contributed by atoms with Gasteiger partial charge < -0.3 is 15.4 Å². The Kier molecular flexibility index (Phi) is 6.33. The van der Waals surface area contributed by atoms with Gasteiger partial charge >= 0.3 is 0 Å². The fraction of sp³-hybridized carbons (Fsp3) is 1.00. The van der Waals surface area contributed by atoms with E-state index in [0.29, 0.717) is 12.0 Å². The zero-order chi connectivity index (χ0) is 11.2. The quantitative estimate of drug-likeness (QED) is 0.706. The van der Waals surface area contributed by atoms with Crippen molar-refractivity contribution in [1.82, 2.24) is 4.90 Å². The van der Waals surface area contributed by atoms with Crippen molar-refractivity contribution in [1.29, 1.82) is 0 Å². The Hall–Kier alpha value is -0.120. The van der Waals surface area contributed by atoms with E-state index >= 15 is 0 Å². The second-order valence-electron chi connectivity index (χ2n) is 5.18. The standard InChI is InChI=1S/C11H26N2O/c1-11(2,3)9-13(4)7-6-10(8-12)14-5/h10H,6-9,12H2,1-5H3. The predicted octanol–water partition coefficient (Wildman–Crippen LogP) is 1.33. The molecular formula is C11H26N2O. The van der Waals surface area contributed by atoms with E-state index in [1.54, 1.807) is 7.11 Å². The molecule has 0 aliphatic heterocycles. The highest BCUT2D eigenvalue weighted by Gasteiger charge is 2.14. The van der Waals surface area contributed by atoms with E-state index in [4.69, 9.17) is 10.5 Å². The number of rotatable bonds is 6. The van der Waals surface area contributed by atoms with Gasteiger partial charge in [-0.05, 0) is 18.9 Å². The fourth-order valence-corrected chi connectivity index (χ4v) is 1.59. The molecule has 86 valence electrons. The van der Waals surface area contributed by atoms with Gasteiger partial charge in [-0.3, -0.25) is 0 Å². The molecule has 3 heteroatoms. The summed E-state index contributed by atoms with van der Waals surface area (Å²) in [7, 11) is 3.87. The summed E-state index contributed by atoms with van der Waals surface area (Å²) in [6, 6.07) is 0. The van der Waals surface area contributed by atoms with E-state index in [0.717, 1.165) is 19.5 Å². The molecule has 14 heavy (non-hydrogen) atoms. The summed E-state index contributed by atoms with van der Waals surface area (Å²) in [5.74, 6) is 0. The van der Waals surface area contributed by atoms with Gasteiger partial charge in [0.1, 0.15) is 0 Å². The van der Waals surface area contributed by atoms with E-state index in [2.05, 4.69) is 32.7 Å². The fourth-order valence-electron chi connectivity index (χ4n) is 1.59. The lowest BCUT2D eigenvalue weighted by atomic mass is 9.96. The van der Waals surface area contributed by atoms with Crippen molar-refractivity contribution in [2.75, 3.05) is 33.8 Å². The molecule has 0 aliphatic carbocycles. The SMILES string of the molecule is COC(CN)CCN(C)CC(C)(C)C.